The van der Waals surface area contributed by atoms with E-state index in [9.17, 15) is 18.0 Å². The summed E-state index contributed by atoms with van der Waals surface area (Å²) < 4.78 is 28.8. The molecule has 4 rings (SSSR count). The number of sulfone groups is 1. The van der Waals surface area contributed by atoms with Gasteiger partial charge in [0.05, 0.1) is 29.8 Å². The van der Waals surface area contributed by atoms with Gasteiger partial charge in [-0.3, -0.25) is 9.78 Å². The minimum atomic E-state index is -3.44. The van der Waals surface area contributed by atoms with Crippen LogP contribution in [-0.2, 0) is 21.1 Å². The Morgan fingerprint density at radius 1 is 0.838 bits per heavy atom. The van der Waals surface area contributed by atoms with E-state index in [-0.39, 0.29) is 22.9 Å². The fourth-order valence-corrected chi connectivity index (χ4v) is 4.98. The van der Waals surface area contributed by atoms with E-state index in [1.165, 1.54) is 13.2 Å². The van der Waals surface area contributed by atoms with E-state index in [0.717, 1.165) is 28.5 Å². The number of hydrogen-bond acceptors (Lipinski definition) is 6. The zero-order chi connectivity index (χ0) is 26.6. The van der Waals surface area contributed by atoms with Crippen molar-refractivity contribution in [2.45, 2.75) is 18.4 Å². The number of ether oxygens (including phenoxy) is 1. The summed E-state index contributed by atoms with van der Waals surface area (Å²) in [7, 11) is -2.09. The number of nitrogens with one attached hydrogen (secondary N) is 1. The lowest BCUT2D eigenvalue weighted by molar-refractivity contribution is 0.0600. The molecule has 3 aromatic carbocycles. The van der Waals surface area contributed by atoms with Crippen LogP contribution in [0.15, 0.2) is 90.0 Å². The van der Waals surface area contributed by atoms with Crippen LogP contribution in [0.2, 0.25) is 0 Å². The second-order valence-corrected chi connectivity index (χ2v) is 10.6. The number of hydrogen-bond donors (Lipinski definition) is 1. The molecule has 0 radical (unpaired) electrons. The topological polar surface area (TPSA) is 102 Å². The molecule has 0 spiro atoms. The van der Waals surface area contributed by atoms with E-state index >= 15 is 0 Å². The molecule has 0 aliphatic rings. The number of aryl methyl sites for hydroxylation is 1. The van der Waals surface area contributed by atoms with Crippen molar-refractivity contribution < 1.29 is 22.7 Å². The van der Waals surface area contributed by atoms with Crippen LogP contribution in [0.4, 0.5) is 0 Å². The molecule has 0 saturated heterocycles. The molecular weight excluding hydrogens is 488 g/mol. The highest BCUT2D eigenvalue weighted by Gasteiger charge is 2.15. The van der Waals surface area contributed by atoms with Crippen LogP contribution >= 0.6 is 0 Å². The van der Waals surface area contributed by atoms with Gasteiger partial charge in [0.15, 0.2) is 9.84 Å². The molecule has 0 unspecified atom stereocenters. The summed E-state index contributed by atoms with van der Waals surface area (Å²) >= 11 is 0. The van der Waals surface area contributed by atoms with Crippen molar-refractivity contribution in [3.8, 4) is 22.3 Å². The maximum absolute atomic E-state index is 12.7. The Morgan fingerprint density at radius 2 is 1.49 bits per heavy atom. The predicted octanol–water partition coefficient (Wildman–Crippen LogP) is 4.84. The number of amides is 1. The summed E-state index contributed by atoms with van der Waals surface area (Å²) in [5, 5.41) is 2.81. The fraction of sp³-hybridized carbons (Fsp3) is 0.138. The third kappa shape index (κ3) is 6.10. The highest BCUT2D eigenvalue weighted by atomic mass is 32.2. The summed E-state index contributed by atoms with van der Waals surface area (Å²) in [4.78, 5) is 29.1. The molecule has 1 N–H and O–H groups in total. The Labute approximate surface area is 216 Å². The molecule has 37 heavy (non-hydrogen) atoms. The van der Waals surface area contributed by atoms with E-state index in [1.807, 2.05) is 48.5 Å². The van der Waals surface area contributed by atoms with E-state index in [1.54, 1.807) is 37.4 Å². The first-order chi connectivity index (χ1) is 17.7. The van der Waals surface area contributed by atoms with Gasteiger partial charge in [0.25, 0.3) is 5.91 Å². The van der Waals surface area contributed by atoms with E-state index in [4.69, 9.17) is 4.74 Å². The van der Waals surface area contributed by atoms with Crippen LogP contribution in [0.3, 0.4) is 0 Å². The van der Waals surface area contributed by atoms with Crippen molar-refractivity contribution in [1.29, 1.82) is 0 Å². The minimum absolute atomic E-state index is 0.136. The van der Waals surface area contributed by atoms with Gasteiger partial charge >= 0.3 is 5.97 Å². The molecule has 0 aliphatic carbocycles. The number of pyridine rings is 1. The maximum atomic E-state index is 12.7. The van der Waals surface area contributed by atoms with Crippen LogP contribution in [0, 0.1) is 6.92 Å². The largest absolute Gasteiger partial charge is 0.465 e. The van der Waals surface area contributed by atoms with Crippen LogP contribution in [0.5, 0.6) is 0 Å². The maximum Gasteiger partial charge on any atom is 0.337 e. The number of benzene rings is 3. The molecule has 1 heterocycles. The van der Waals surface area contributed by atoms with Crippen LogP contribution in [0.25, 0.3) is 22.3 Å². The second-order valence-electron chi connectivity index (χ2n) is 8.62. The van der Waals surface area contributed by atoms with Gasteiger partial charge in [-0.15, -0.1) is 0 Å². The van der Waals surface area contributed by atoms with Gasteiger partial charge in [-0.2, -0.15) is 0 Å². The predicted molar refractivity (Wildman–Crippen MR) is 142 cm³/mol. The number of methoxy groups -OCH3 is 1. The fourth-order valence-electron chi connectivity index (χ4n) is 3.99. The van der Waals surface area contributed by atoms with Gasteiger partial charge in [0.1, 0.15) is 0 Å². The number of rotatable bonds is 7. The first-order valence-electron chi connectivity index (χ1n) is 11.5. The first kappa shape index (κ1) is 25.8. The summed E-state index contributed by atoms with van der Waals surface area (Å²) in [5.41, 5.74) is 5.68. The normalized spacial score (nSPS) is 11.1. The molecule has 8 heteroatoms. The summed E-state index contributed by atoms with van der Waals surface area (Å²) in [6, 6.07) is 23.5. The van der Waals surface area contributed by atoms with Crippen LogP contribution < -0.4 is 5.32 Å². The lowest BCUT2D eigenvalue weighted by Gasteiger charge is -2.10. The quantitative estimate of drug-likeness (QED) is 0.354. The Hall–Kier alpha value is -4.30. The Morgan fingerprint density at radius 3 is 2.16 bits per heavy atom. The number of carbonyl (C=O) groups is 2. The molecule has 0 fully saturated rings. The van der Waals surface area contributed by atoms with E-state index in [0.29, 0.717) is 16.8 Å². The Bertz CT molecular complexity index is 1600. The van der Waals surface area contributed by atoms with Gasteiger partial charge in [0, 0.05) is 18.0 Å². The Kier molecular flexibility index (Phi) is 7.50. The first-order valence-corrected chi connectivity index (χ1v) is 13.4. The van der Waals surface area contributed by atoms with Crippen molar-refractivity contribution in [2.24, 2.45) is 0 Å². The monoisotopic (exact) mass is 514 g/mol. The molecule has 0 bridgehead atoms. The van der Waals surface area contributed by atoms with Crippen molar-refractivity contribution in [3.05, 3.63) is 107 Å². The summed E-state index contributed by atoms with van der Waals surface area (Å²) in [6.45, 7) is 1.87. The van der Waals surface area contributed by atoms with Crippen LogP contribution in [0.1, 0.15) is 32.0 Å². The van der Waals surface area contributed by atoms with Gasteiger partial charge in [0.2, 0.25) is 0 Å². The highest BCUT2D eigenvalue weighted by Crippen LogP contribution is 2.27. The molecular formula is C29H26N2O5S. The average Bonchev–Trinajstić information content (AvgIpc) is 2.91. The summed E-state index contributed by atoms with van der Waals surface area (Å²) in [5.74, 6) is -0.776. The molecule has 188 valence electrons. The van der Waals surface area contributed by atoms with Gasteiger partial charge in [-0.05, 0) is 77.2 Å². The van der Waals surface area contributed by atoms with Gasteiger partial charge in [-0.1, -0.05) is 36.4 Å². The molecule has 0 atom stereocenters. The van der Waals surface area contributed by atoms with Gasteiger partial charge in [-0.25, -0.2) is 13.2 Å². The third-order valence-electron chi connectivity index (χ3n) is 5.91. The SMILES string of the molecule is COC(=O)c1cccc(-c2cccc(-c3ccnc(CNC(=O)c4ccc(C)c(S(C)(=O)=O)c4)c3)c2)c1. The highest BCUT2D eigenvalue weighted by molar-refractivity contribution is 7.90. The molecule has 0 saturated carbocycles. The summed E-state index contributed by atoms with van der Waals surface area (Å²) in [6.07, 6.45) is 2.80. The average molecular weight is 515 g/mol. The van der Waals surface area contributed by atoms with Crippen LogP contribution in [-0.4, -0.2) is 38.6 Å². The van der Waals surface area contributed by atoms with Crippen molar-refractivity contribution in [2.75, 3.05) is 13.4 Å². The lowest BCUT2D eigenvalue weighted by Crippen LogP contribution is -2.23. The van der Waals surface area contributed by atoms with E-state index in [2.05, 4.69) is 10.3 Å². The van der Waals surface area contributed by atoms with Crippen molar-refractivity contribution >= 4 is 21.7 Å². The van der Waals surface area contributed by atoms with E-state index < -0.39 is 15.8 Å². The number of aromatic nitrogens is 1. The standard InChI is InChI=1S/C29H26N2O5S/c1-19-10-11-24(17-27(19)37(3,34)35)28(32)31-18-26-16-23(12-13-30-26)21-7-4-6-20(14-21)22-8-5-9-25(15-22)29(33)36-2/h4-17H,18H2,1-3H3,(H,31,32). The smallest absolute Gasteiger partial charge is 0.337 e. The van der Waals surface area contributed by atoms with Crippen molar-refractivity contribution in [1.82, 2.24) is 10.3 Å². The molecule has 7 nitrogen and oxygen atoms in total. The minimum Gasteiger partial charge on any atom is -0.465 e. The zero-order valence-electron chi connectivity index (χ0n) is 20.7. The zero-order valence-corrected chi connectivity index (χ0v) is 21.5. The lowest BCUT2D eigenvalue weighted by atomic mass is 9.98. The number of esters is 1. The number of nitrogens with zero attached hydrogens (tertiary/aromatic N) is 1. The molecule has 1 amide bonds. The molecule has 4 aromatic rings. The number of carbonyl (C=O) groups excluding carboxylic acids is 2. The van der Waals surface area contributed by atoms with Crippen molar-refractivity contribution in [3.63, 3.8) is 0 Å². The second kappa shape index (κ2) is 10.8. The molecule has 1 aromatic heterocycles. The third-order valence-corrected chi connectivity index (χ3v) is 7.15. The Balaban J connectivity index is 1.53. The van der Waals surface area contributed by atoms with Gasteiger partial charge < -0.3 is 10.1 Å². The molecule has 0 aliphatic heterocycles.